The molecule has 0 saturated heterocycles. The largest absolute Gasteiger partial charge is 0.492 e. The minimum atomic E-state index is -3.98. The Morgan fingerprint density at radius 3 is 2.61 bits per heavy atom. The van der Waals surface area contributed by atoms with E-state index < -0.39 is 21.8 Å². The zero-order valence-electron chi connectivity index (χ0n) is 14.5. The number of anilines is 1. The third-order valence-electron chi connectivity index (χ3n) is 3.61. The van der Waals surface area contributed by atoms with Gasteiger partial charge in [0.05, 0.1) is 24.1 Å². The first-order valence-corrected chi connectivity index (χ1v) is 10.3. The van der Waals surface area contributed by atoms with Crippen molar-refractivity contribution in [3.63, 3.8) is 0 Å². The first kappa shape index (κ1) is 19.8. The van der Waals surface area contributed by atoms with Gasteiger partial charge in [-0.05, 0) is 49.4 Å². The number of ether oxygens (including phenoxy) is 1. The summed E-state index contributed by atoms with van der Waals surface area (Å²) in [6, 6.07) is 9.40. The fraction of sp³-hybridized carbons (Fsp3) is 0.111. The molecule has 0 bridgehead atoms. The first-order valence-electron chi connectivity index (χ1n) is 8.05. The number of hydrogen-bond donors (Lipinski definition) is 2. The van der Waals surface area contributed by atoms with Crippen molar-refractivity contribution < 1.29 is 27.4 Å². The van der Waals surface area contributed by atoms with Crippen molar-refractivity contribution >= 4 is 33.0 Å². The predicted molar refractivity (Wildman–Crippen MR) is 103 cm³/mol. The molecule has 1 heterocycles. The molecule has 1 aromatic heterocycles. The van der Waals surface area contributed by atoms with E-state index in [-0.39, 0.29) is 27.8 Å². The number of rotatable bonds is 7. The minimum Gasteiger partial charge on any atom is -0.492 e. The molecule has 0 aliphatic rings. The highest BCUT2D eigenvalue weighted by Crippen LogP contribution is 2.32. The number of nitrogens with zero attached hydrogens (tertiary/aromatic N) is 1. The van der Waals surface area contributed by atoms with E-state index >= 15 is 0 Å². The lowest BCUT2D eigenvalue weighted by Crippen LogP contribution is -2.13. The van der Waals surface area contributed by atoms with Crippen LogP contribution in [0.25, 0.3) is 10.6 Å². The van der Waals surface area contributed by atoms with Crippen LogP contribution in [0, 0.1) is 5.82 Å². The molecule has 3 rings (SSSR count). The Morgan fingerprint density at radius 2 is 1.96 bits per heavy atom. The second-order valence-corrected chi connectivity index (χ2v) is 8.49. The van der Waals surface area contributed by atoms with Gasteiger partial charge in [-0.15, -0.1) is 11.3 Å². The molecule has 2 aromatic carbocycles. The van der Waals surface area contributed by atoms with Crippen molar-refractivity contribution in [2.75, 3.05) is 11.3 Å². The van der Waals surface area contributed by atoms with Gasteiger partial charge in [-0.3, -0.25) is 4.72 Å². The molecule has 0 atom stereocenters. The van der Waals surface area contributed by atoms with Crippen molar-refractivity contribution in [3.8, 4) is 16.3 Å². The van der Waals surface area contributed by atoms with Crippen molar-refractivity contribution in [3.05, 3.63) is 60.0 Å². The van der Waals surface area contributed by atoms with Gasteiger partial charge < -0.3 is 9.84 Å². The Balaban J connectivity index is 1.90. The van der Waals surface area contributed by atoms with Gasteiger partial charge in [0.2, 0.25) is 0 Å². The number of carboxylic acids is 1. The summed E-state index contributed by atoms with van der Waals surface area (Å²) in [6.45, 7) is 1.93. The first-order chi connectivity index (χ1) is 13.3. The summed E-state index contributed by atoms with van der Waals surface area (Å²) < 4.78 is 46.2. The van der Waals surface area contributed by atoms with E-state index in [0.717, 1.165) is 11.3 Å². The Hall–Kier alpha value is -2.98. The number of hydrogen-bond acceptors (Lipinski definition) is 6. The summed E-state index contributed by atoms with van der Waals surface area (Å²) in [5, 5.41) is 9.51. The molecule has 0 unspecified atom stereocenters. The molecule has 0 aliphatic carbocycles. The number of benzene rings is 2. The van der Waals surface area contributed by atoms with Crippen LogP contribution in [-0.2, 0) is 10.0 Å². The molecule has 28 heavy (non-hydrogen) atoms. The number of aromatic carboxylic acids is 1. The molecule has 2 N–H and O–H groups in total. The van der Waals surface area contributed by atoms with E-state index in [4.69, 9.17) is 9.84 Å². The van der Waals surface area contributed by atoms with E-state index in [9.17, 15) is 17.6 Å². The van der Waals surface area contributed by atoms with Gasteiger partial charge in [-0.2, -0.15) is 0 Å². The number of carboxylic acid groups (broad SMARTS) is 1. The SMILES string of the molecule is CCOc1cc(C(=O)O)ccc1NS(=O)(=O)c1cnc(-c2ccc(F)cc2)s1. The van der Waals surface area contributed by atoms with E-state index in [2.05, 4.69) is 9.71 Å². The molecule has 0 spiro atoms. The predicted octanol–water partition coefficient (Wildman–Crippen LogP) is 3.85. The number of carbonyl (C=O) groups is 1. The standard InChI is InChI=1S/C18H15FN2O5S2/c1-2-26-15-9-12(18(22)23)5-8-14(15)21-28(24,25)16-10-20-17(27-16)11-3-6-13(19)7-4-11/h3-10,21H,2H2,1H3,(H,22,23). The Labute approximate surface area is 164 Å². The van der Waals surface area contributed by atoms with Crippen LogP contribution in [0.5, 0.6) is 5.75 Å². The quantitative estimate of drug-likeness (QED) is 0.599. The second-order valence-electron chi connectivity index (χ2n) is 5.55. The minimum absolute atomic E-state index is 0.0252. The summed E-state index contributed by atoms with van der Waals surface area (Å²) in [7, 11) is -3.98. The Bertz CT molecular complexity index is 1110. The van der Waals surface area contributed by atoms with E-state index in [1.165, 1.54) is 48.7 Å². The second kappa shape index (κ2) is 7.95. The smallest absolute Gasteiger partial charge is 0.335 e. The molecule has 0 saturated carbocycles. The summed E-state index contributed by atoms with van der Waals surface area (Å²) in [6.07, 6.45) is 1.21. The number of thiazole rings is 1. The number of halogens is 1. The lowest BCUT2D eigenvalue weighted by Gasteiger charge is -2.12. The van der Waals surface area contributed by atoms with Gasteiger partial charge in [0, 0.05) is 5.56 Å². The molecule has 0 radical (unpaired) electrons. The number of sulfonamides is 1. The van der Waals surface area contributed by atoms with Crippen LogP contribution in [0.15, 0.2) is 52.9 Å². The average Bonchev–Trinajstić information content (AvgIpc) is 3.15. The third kappa shape index (κ3) is 4.29. The molecule has 7 nitrogen and oxygen atoms in total. The van der Waals surface area contributed by atoms with Gasteiger partial charge >= 0.3 is 5.97 Å². The zero-order valence-corrected chi connectivity index (χ0v) is 16.2. The van der Waals surface area contributed by atoms with E-state index in [1.54, 1.807) is 6.92 Å². The maximum absolute atomic E-state index is 13.0. The van der Waals surface area contributed by atoms with Crippen LogP contribution in [-0.4, -0.2) is 31.1 Å². The molecular formula is C18H15FN2O5S2. The number of nitrogens with one attached hydrogen (secondary N) is 1. The summed E-state index contributed by atoms with van der Waals surface area (Å²) >= 11 is 0.926. The van der Waals surface area contributed by atoms with Crippen molar-refractivity contribution in [2.45, 2.75) is 11.1 Å². The maximum atomic E-state index is 13.0. The van der Waals surface area contributed by atoms with Crippen LogP contribution >= 0.6 is 11.3 Å². The molecule has 146 valence electrons. The summed E-state index contributed by atoms with van der Waals surface area (Å²) in [5.74, 6) is -1.45. The average molecular weight is 422 g/mol. The molecule has 10 heteroatoms. The zero-order chi connectivity index (χ0) is 20.3. The van der Waals surface area contributed by atoms with Crippen molar-refractivity contribution in [1.29, 1.82) is 0 Å². The van der Waals surface area contributed by atoms with E-state index in [1.807, 2.05) is 0 Å². The lowest BCUT2D eigenvalue weighted by atomic mass is 10.2. The van der Waals surface area contributed by atoms with Crippen LogP contribution < -0.4 is 9.46 Å². The normalized spacial score (nSPS) is 11.2. The van der Waals surface area contributed by atoms with Gasteiger partial charge in [0.15, 0.2) is 4.21 Å². The highest BCUT2D eigenvalue weighted by Gasteiger charge is 2.21. The molecule has 0 amide bonds. The third-order valence-corrected chi connectivity index (χ3v) is 6.49. The van der Waals surface area contributed by atoms with Crippen LogP contribution in [0.4, 0.5) is 10.1 Å². The highest BCUT2D eigenvalue weighted by atomic mass is 32.2. The maximum Gasteiger partial charge on any atom is 0.335 e. The van der Waals surface area contributed by atoms with Gasteiger partial charge in [-0.25, -0.2) is 22.6 Å². The molecule has 0 aliphatic heterocycles. The van der Waals surface area contributed by atoms with Gasteiger partial charge in [0.1, 0.15) is 16.6 Å². The highest BCUT2D eigenvalue weighted by molar-refractivity contribution is 7.94. The Kier molecular flexibility index (Phi) is 5.61. The molecule has 3 aromatic rings. The van der Waals surface area contributed by atoms with E-state index in [0.29, 0.717) is 10.6 Å². The molecular weight excluding hydrogens is 407 g/mol. The monoisotopic (exact) mass is 422 g/mol. The van der Waals surface area contributed by atoms with Gasteiger partial charge in [0.25, 0.3) is 10.0 Å². The Morgan fingerprint density at radius 1 is 1.25 bits per heavy atom. The topological polar surface area (TPSA) is 106 Å². The fourth-order valence-corrected chi connectivity index (χ4v) is 4.53. The van der Waals surface area contributed by atoms with Crippen LogP contribution in [0.2, 0.25) is 0 Å². The van der Waals surface area contributed by atoms with Crippen molar-refractivity contribution in [2.24, 2.45) is 0 Å². The number of aromatic nitrogens is 1. The summed E-state index contributed by atoms with van der Waals surface area (Å²) in [5.41, 5.74) is 0.681. The van der Waals surface area contributed by atoms with Gasteiger partial charge in [-0.1, -0.05) is 0 Å². The van der Waals surface area contributed by atoms with Crippen LogP contribution in [0.3, 0.4) is 0 Å². The fourth-order valence-electron chi connectivity index (χ4n) is 2.32. The summed E-state index contributed by atoms with van der Waals surface area (Å²) in [4.78, 5) is 15.2. The lowest BCUT2D eigenvalue weighted by molar-refractivity contribution is 0.0696. The van der Waals surface area contributed by atoms with Crippen LogP contribution in [0.1, 0.15) is 17.3 Å². The van der Waals surface area contributed by atoms with Crippen molar-refractivity contribution in [1.82, 2.24) is 4.98 Å². The molecule has 0 fully saturated rings.